The van der Waals surface area contributed by atoms with Crippen LogP contribution < -0.4 is 10.2 Å². The molecule has 3 aromatic carbocycles. The Kier molecular flexibility index (Phi) is 6.29. The van der Waals surface area contributed by atoms with E-state index in [0.29, 0.717) is 25.2 Å². The molecule has 1 fully saturated rings. The van der Waals surface area contributed by atoms with E-state index in [-0.39, 0.29) is 18.4 Å². The zero-order valence-electron chi connectivity index (χ0n) is 19.1. The second kappa shape index (κ2) is 9.83. The molecule has 0 aliphatic carbocycles. The molecule has 2 heterocycles. The van der Waals surface area contributed by atoms with Gasteiger partial charge in [0.1, 0.15) is 0 Å². The monoisotopic (exact) mass is 452 g/mol. The van der Waals surface area contributed by atoms with Crippen molar-refractivity contribution in [2.75, 3.05) is 37.6 Å². The number of carbonyl (C=O) groups excluding carboxylic acids is 2. The van der Waals surface area contributed by atoms with Gasteiger partial charge in [0.2, 0.25) is 5.91 Å². The lowest BCUT2D eigenvalue weighted by atomic mass is 10.1. The smallest absolute Gasteiger partial charge is 0.253 e. The van der Waals surface area contributed by atoms with Gasteiger partial charge < -0.3 is 19.7 Å². The molecular formula is C28H28N4O2. The Balaban J connectivity index is 1.22. The van der Waals surface area contributed by atoms with Gasteiger partial charge in [0.05, 0.1) is 12.1 Å². The van der Waals surface area contributed by atoms with Gasteiger partial charge in [-0.1, -0.05) is 66.7 Å². The number of nitrogens with one attached hydrogen (secondary N) is 1. The number of amides is 2. The number of piperazine rings is 1. The van der Waals surface area contributed by atoms with E-state index >= 15 is 0 Å². The zero-order chi connectivity index (χ0) is 23.3. The molecule has 2 amide bonds. The van der Waals surface area contributed by atoms with E-state index in [1.165, 1.54) is 11.3 Å². The van der Waals surface area contributed by atoms with Gasteiger partial charge in [-0.05, 0) is 23.8 Å². The Morgan fingerprint density at radius 3 is 2.15 bits per heavy atom. The molecule has 1 aromatic heterocycles. The average Bonchev–Trinajstić information content (AvgIpc) is 3.27. The third-order valence-electron chi connectivity index (χ3n) is 6.38. The van der Waals surface area contributed by atoms with Crippen LogP contribution in [0.25, 0.3) is 10.9 Å². The van der Waals surface area contributed by atoms with Gasteiger partial charge in [-0.15, -0.1) is 0 Å². The fourth-order valence-electron chi connectivity index (χ4n) is 4.55. The van der Waals surface area contributed by atoms with Crippen LogP contribution in [0.3, 0.4) is 0 Å². The molecule has 4 aromatic rings. The molecule has 0 radical (unpaired) electrons. The summed E-state index contributed by atoms with van der Waals surface area (Å²) in [7, 11) is 0. The number of hydrogen-bond acceptors (Lipinski definition) is 3. The van der Waals surface area contributed by atoms with Gasteiger partial charge >= 0.3 is 0 Å². The molecule has 6 nitrogen and oxygen atoms in total. The van der Waals surface area contributed by atoms with Crippen molar-refractivity contribution in [2.24, 2.45) is 0 Å². The van der Waals surface area contributed by atoms with Gasteiger partial charge in [0.25, 0.3) is 5.91 Å². The first-order chi connectivity index (χ1) is 16.7. The van der Waals surface area contributed by atoms with Crippen molar-refractivity contribution in [3.05, 3.63) is 102 Å². The Hall–Kier alpha value is -4.06. The van der Waals surface area contributed by atoms with Crippen LogP contribution in [0.2, 0.25) is 0 Å². The van der Waals surface area contributed by atoms with Crippen LogP contribution in [0.5, 0.6) is 0 Å². The Morgan fingerprint density at radius 1 is 0.765 bits per heavy atom. The summed E-state index contributed by atoms with van der Waals surface area (Å²) in [5, 5.41) is 3.74. The molecule has 6 heteroatoms. The molecule has 0 saturated carbocycles. The van der Waals surface area contributed by atoms with Crippen LogP contribution in [-0.2, 0) is 11.3 Å². The molecule has 0 unspecified atom stereocenters. The van der Waals surface area contributed by atoms with Crippen LogP contribution in [0, 0.1) is 0 Å². The third kappa shape index (κ3) is 4.66. The minimum Gasteiger partial charge on any atom is -0.368 e. The van der Waals surface area contributed by atoms with Crippen LogP contribution >= 0.6 is 0 Å². The molecule has 0 spiro atoms. The summed E-state index contributed by atoms with van der Waals surface area (Å²) in [4.78, 5) is 29.9. The number of fused-ring (bicyclic) bond motifs is 1. The highest BCUT2D eigenvalue weighted by atomic mass is 16.2. The molecular weight excluding hydrogens is 424 g/mol. The quantitative estimate of drug-likeness (QED) is 0.485. The minimum absolute atomic E-state index is 0.00234. The molecule has 1 N–H and O–H groups in total. The number of para-hydroxylation sites is 2. The molecule has 1 saturated heterocycles. The van der Waals surface area contributed by atoms with Crippen molar-refractivity contribution in [3.8, 4) is 0 Å². The van der Waals surface area contributed by atoms with E-state index in [1.807, 2.05) is 71.8 Å². The Morgan fingerprint density at radius 2 is 1.41 bits per heavy atom. The lowest BCUT2D eigenvalue weighted by Crippen LogP contribution is -2.51. The van der Waals surface area contributed by atoms with Crippen LogP contribution in [0.4, 0.5) is 5.69 Å². The average molecular weight is 453 g/mol. The normalized spacial score (nSPS) is 13.8. The fourth-order valence-corrected chi connectivity index (χ4v) is 4.55. The SMILES string of the molecule is O=C(NCC(=O)N1CCN(c2ccccc2)CC1)c1cn(Cc2ccccc2)c2ccccc12. The molecule has 34 heavy (non-hydrogen) atoms. The number of rotatable bonds is 6. The number of hydrogen-bond donors (Lipinski definition) is 1. The summed E-state index contributed by atoms with van der Waals surface area (Å²) in [5.41, 5.74) is 3.93. The standard InChI is InChI=1S/C28H28N4O2/c33-27(31-17-15-30(16-18-31)23-11-5-2-6-12-23)19-29-28(34)25-21-32(20-22-9-3-1-4-10-22)26-14-8-7-13-24(25)26/h1-14,21H,15-20H2,(H,29,34). The summed E-state index contributed by atoms with van der Waals surface area (Å²) < 4.78 is 2.09. The largest absolute Gasteiger partial charge is 0.368 e. The second-order valence-electron chi connectivity index (χ2n) is 8.56. The lowest BCUT2D eigenvalue weighted by molar-refractivity contribution is -0.130. The maximum atomic E-state index is 13.0. The van der Waals surface area contributed by atoms with Crippen molar-refractivity contribution in [1.29, 1.82) is 0 Å². The van der Waals surface area contributed by atoms with E-state index < -0.39 is 0 Å². The predicted molar refractivity (Wildman–Crippen MR) is 135 cm³/mol. The van der Waals surface area contributed by atoms with Gasteiger partial charge in [-0.2, -0.15) is 0 Å². The number of anilines is 1. The minimum atomic E-state index is -0.223. The number of aromatic nitrogens is 1. The highest BCUT2D eigenvalue weighted by molar-refractivity contribution is 6.07. The highest BCUT2D eigenvalue weighted by Crippen LogP contribution is 2.22. The Labute approximate surface area is 199 Å². The zero-order valence-corrected chi connectivity index (χ0v) is 19.1. The van der Waals surface area contributed by atoms with E-state index in [1.54, 1.807) is 0 Å². The van der Waals surface area contributed by atoms with Gasteiger partial charge in [-0.25, -0.2) is 0 Å². The van der Waals surface area contributed by atoms with Crippen molar-refractivity contribution in [3.63, 3.8) is 0 Å². The molecule has 5 rings (SSSR count). The van der Waals surface area contributed by atoms with Crippen molar-refractivity contribution in [2.45, 2.75) is 6.54 Å². The maximum Gasteiger partial charge on any atom is 0.253 e. The number of nitrogens with zero attached hydrogens (tertiary/aromatic N) is 3. The summed E-state index contributed by atoms with van der Waals surface area (Å²) in [6.45, 7) is 3.56. The van der Waals surface area contributed by atoms with Crippen LogP contribution in [0.1, 0.15) is 15.9 Å². The van der Waals surface area contributed by atoms with E-state index in [4.69, 9.17) is 0 Å². The van der Waals surface area contributed by atoms with Crippen LogP contribution in [0.15, 0.2) is 91.1 Å². The second-order valence-corrected chi connectivity index (χ2v) is 8.56. The van der Waals surface area contributed by atoms with E-state index in [2.05, 4.69) is 39.0 Å². The first-order valence-corrected chi connectivity index (χ1v) is 11.7. The molecule has 172 valence electrons. The maximum absolute atomic E-state index is 13.0. The topological polar surface area (TPSA) is 57.6 Å². The molecule has 0 bridgehead atoms. The summed E-state index contributed by atoms with van der Waals surface area (Å²) in [6, 6.07) is 28.3. The summed E-state index contributed by atoms with van der Waals surface area (Å²) >= 11 is 0. The van der Waals surface area contributed by atoms with E-state index in [9.17, 15) is 9.59 Å². The predicted octanol–water partition coefficient (Wildman–Crippen LogP) is 3.77. The third-order valence-corrected chi connectivity index (χ3v) is 6.38. The molecule has 0 atom stereocenters. The first-order valence-electron chi connectivity index (χ1n) is 11.7. The van der Waals surface area contributed by atoms with Crippen molar-refractivity contribution in [1.82, 2.24) is 14.8 Å². The number of benzene rings is 3. The summed E-state index contributed by atoms with van der Waals surface area (Å²) in [6.07, 6.45) is 1.89. The van der Waals surface area contributed by atoms with Gasteiger partial charge in [0, 0.05) is 55.5 Å². The lowest BCUT2D eigenvalue weighted by Gasteiger charge is -2.36. The van der Waals surface area contributed by atoms with Crippen molar-refractivity contribution < 1.29 is 9.59 Å². The van der Waals surface area contributed by atoms with Crippen molar-refractivity contribution >= 4 is 28.4 Å². The fraction of sp³-hybridized carbons (Fsp3) is 0.214. The van der Waals surface area contributed by atoms with E-state index in [0.717, 1.165) is 24.0 Å². The first kappa shape index (κ1) is 21.8. The Bertz CT molecular complexity index is 1280. The van der Waals surface area contributed by atoms with Crippen LogP contribution in [-0.4, -0.2) is 54.0 Å². The molecule has 1 aliphatic heterocycles. The number of carbonyl (C=O) groups is 2. The van der Waals surface area contributed by atoms with Gasteiger partial charge in [0.15, 0.2) is 0 Å². The summed E-state index contributed by atoms with van der Waals surface area (Å²) in [5.74, 6) is -0.270. The van der Waals surface area contributed by atoms with Gasteiger partial charge in [-0.3, -0.25) is 9.59 Å². The highest BCUT2D eigenvalue weighted by Gasteiger charge is 2.22. The molecule has 1 aliphatic rings.